The van der Waals surface area contributed by atoms with Crippen LogP contribution in [0.2, 0.25) is 0 Å². The van der Waals surface area contributed by atoms with Crippen LogP contribution in [-0.2, 0) is 9.59 Å². The molecule has 98 valence electrons. The lowest BCUT2D eigenvalue weighted by Crippen LogP contribution is -2.40. The minimum Gasteiger partial charge on any atom is -0.355 e. The topological polar surface area (TPSA) is 76.0 Å². The van der Waals surface area contributed by atoms with Gasteiger partial charge in [0.2, 0.25) is 11.8 Å². The second kappa shape index (κ2) is 5.20. The highest BCUT2D eigenvalue weighted by atomic mass is 16.2. The Morgan fingerprint density at radius 1 is 1.61 bits per heavy atom. The van der Waals surface area contributed by atoms with E-state index in [-0.39, 0.29) is 23.8 Å². The van der Waals surface area contributed by atoms with Crippen LogP contribution in [0.15, 0.2) is 12.4 Å². The molecule has 2 amide bonds. The van der Waals surface area contributed by atoms with Crippen LogP contribution in [0.1, 0.15) is 32.7 Å². The first kappa shape index (κ1) is 12.6. The largest absolute Gasteiger partial charge is 0.355 e. The molecule has 2 rings (SSSR count). The van der Waals surface area contributed by atoms with Crippen molar-refractivity contribution in [3.05, 3.63) is 12.4 Å². The fourth-order valence-electron chi connectivity index (χ4n) is 1.89. The van der Waals surface area contributed by atoms with Gasteiger partial charge in [-0.15, -0.1) is 0 Å². The fraction of sp³-hybridized carbons (Fsp3) is 0.583. The quantitative estimate of drug-likeness (QED) is 0.837. The number of rotatable bonds is 3. The number of carbonyl (C=O) groups excluding carboxylic acids is 2. The van der Waals surface area contributed by atoms with Gasteiger partial charge in [0.1, 0.15) is 0 Å². The summed E-state index contributed by atoms with van der Waals surface area (Å²) in [6.07, 6.45) is 4.47. The van der Waals surface area contributed by atoms with Crippen molar-refractivity contribution in [2.24, 2.45) is 5.92 Å². The summed E-state index contributed by atoms with van der Waals surface area (Å²) in [7, 11) is 0. The van der Waals surface area contributed by atoms with Crippen molar-refractivity contribution in [1.29, 1.82) is 0 Å². The Labute approximate surface area is 106 Å². The summed E-state index contributed by atoms with van der Waals surface area (Å²) in [5, 5.41) is 9.69. The van der Waals surface area contributed by atoms with E-state index in [1.165, 1.54) is 0 Å². The molecule has 1 aromatic rings. The predicted molar refractivity (Wildman–Crippen MR) is 67.0 cm³/mol. The lowest BCUT2D eigenvalue weighted by atomic mass is 9.98. The zero-order chi connectivity index (χ0) is 13.1. The molecule has 0 aromatic carbocycles. The molecule has 1 aromatic heterocycles. The van der Waals surface area contributed by atoms with Crippen molar-refractivity contribution in [3.8, 4) is 0 Å². The van der Waals surface area contributed by atoms with Gasteiger partial charge in [-0.2, -0.15) is 5.10 Å². The molecular weight excluding hydrogens is 232 g/mol. The summed E-state index contributed by atoms with van der Waals surface area (Å²) < 4.78 is 1.79. The zero-order valence-corrected chi connectivity index (χ0v) is 10.6. The number of hydrogen-bond acceptors (Lipinski definition) is 3. The number of nitrogens with one attached hydrogen (secondary N) is 2. The van der Waals surface area contributed by atoms with Crippen LogP contribution in [0.4, 0.5) is 5.69 Å². The third-order valence-electron chi connectivity index (χ3n) is 3.03. The first-order valence-corrected chi connectivity index (χ1v) is 6.18. The molecule has 0 saturated carbocycles. The van der Waals surface area contributed by atoms with Gasteiger partial charge >= 0.3 is 0 Å². The molecule has 1 aliphatic rings. The lowest BCUT2D eigenvalue weighted by molar-refractivity contribution is -0.126. The van der Waals surface area contributed by atoms with Crippen LogP contribution < -0.4 is 10.6 Å². The van der Waals surface area contributed by atoms with Gasteiger partial charge in [0, 0.05) is 25.2 Å². The van der Waals surface area contributed by atoms with Crippen LogP contribution >= 0.6 is 0 Å². The number of nitrogens with zero attached hydrogens (tertiary/aromatic N) is 2. The third-order valence-corrected chi connectivity index (χ3v) is 3.03. The van der Waals surface area contributed by atoms with Crippen molar-refractivity contribution in [2.45, 2.75) is 32.7 Å². The third kappa shape index (κ3) is 2.88. The molecule has 0 bridgehead atoms. The summed E-state index contributed by atoms with van der Waals surface area (Å²) in [4.78, 5) is 23.0. The number of amides is 2. The van der Waals surface area contributed by atoms with E-state index in [2.05, 4.69) is 15.7 Å². The Morgan fingerprint density at radius 3 is 2.94 bits per heavy atom. The normalized spacial score (nSPS) is 19.7. The highest BCUT2D eigenvalue weighted by molar-refractivity contribution is 5.93. The first-order valence-electron chi connectivity index (χ1n) is 6.18. The number of hydrogen-bond donors (Lipinski definition) is 2. The minimum absolute atomic E-state index is 0.0201. The van der Waals surface area contributed by atoms with E-state index >= 15 is 0 Å². The Hall–Kier alpha value is -1.85. The van der Waals surface area contributed by atoms with Gasteiger partial charge in [-0.25, -0.2) is 0 Å². The minimum atomic E-state index is -0.148. The van der Waals surface area contributed by atoms with Crippen LogP contribution in [0.3, 0.4) is 0 Å². The smallest absolute Gasteiger partial charge is 0.229 e. The average molecular weight is 250 g/mol. The van der Waals surface area contributed by atoms with Crippen LogP contribution in [0.5, 0.6) is 0 Å². The predicted octanol–water partition coefficient (Wildman–Crippen LogP) is 0.929. The Balaban J connectivity index is 1.92. The maximum atomic E-state index is 12.0. The number of anilines is 1. The van der Waals surface area contributed by atoms with Crippen molar-refractivity contribution >= 4 is 17.5 Å². The molecular formula is C12H18N4O2. The van der Waals surface area contributed by atoms with Gasteiger partial charge in [0.15, 0.2) is 0 Å². The van der Waals surface area contributed by atoms with Gasteiger partial charge < -0.3 is 10.6 Å². The van der Waals surface area contributed by atoms with E-state index in [0.717, 1.165) is 0 Å². The van der Waals surface area contributed by atoms with E-state index < -0.39 is 0 Å². The van der Waals surface area contributed by atoms with Crippen molar-refractivity contribution in [2.75, 3.05) is 11.9 Å². The number of piperidine rings is 1. The van der Waals surface area contributed by atoms with Crippen molar-refractivity contribution in [3.63, 3.8) is 0 Å². The van der Waals surface area contributed by atoms with Crippen LogP contribution in [-0.4, -0.2) is 28.1 Å². The maximum absolute atomic E-state index is 12.0. The molecule has 2 heterocycles. The van der Waals surface area contributed by atoms with Crippen molar-refractivity contribution < 1.29 is 9.59 Å². The highest BCUT2D eigenvalue weighted by Gasteiger charge is 2.24. The molecule has 1 unspecified atom stereocenters. The van der Waals surface area contributed by atoms with E-state index in [0.29, 0.717) is 25.1 Å². The molecule has 0 radical (unpaired) electrons. The Bertz CT molecular complexity index is 443. The van der Waals surface area contributed by atoms with Gasteiger partial charge in [0.25, 0.3) is 0 Å². The van der Waals surface area contributed by atoms with Gasteiger partial charge in [0.05, 0.1) is 17.8 Å². The maximum Gasteiger partial charge on any atom is 0.229 e. The van der Waals surface area contributed by atoms with Gasteiger partial charge in [-0.1, -0.05) is 0 Å². The summed E-state index contributed by atoms with van der Waals surface area (Å²) in [6.45, 7) is 4.47. The van der Waals surface area contributed by atoms with Crippen LogP contribution in [0, 0.1) is 5.92 Å². The molecule has 0 spiro atoms. The lowest BCUT2D eigenvalue weighted by Gasteiger charge is -2.21. The van der Waals surface area contributed by atoms with Gasteiger partial charge in [-0.05, 0) is 20.3 Å². The van der Waals surface area contributed by atoms with E-state index in [4.69, 9.17) is 0 Å². The second-order valence-electron chi connectivity index (χ2n) is 4.83. The molecule has 2 N–H and O–H groups in total. The monoisotopic (exact) mass is 250 g/mol. The molecule has 18 heavy (non-hydrogen) atoms. The molecule has 1 aliphatic heterocycles. The van der Waals surface area contributed by atoms with E-state index in [1.54, 1.807) is 10.9 Å². The molecule has 6 heteroatoms. The number of aromatic nitrogens is 2. The Kier molecular flexibility index (Phi) is 3.64. The van der Waals surface area contributed by atoms with Gasteiger partial charge in [-0.3, -0.25) is 14.3 Å². The summed E-state index contributed by atoms with van der Waals surface area (Å²) in [5.74, 6) is -0.185. The van der Waals surface area contributed by atoms with E-state index in [9.17, 15) is 9.59 Å². The summed E-state index contributed by atoms with van der Waals surface area (Å²) in [6, 6.07) is 0.268. The van der Waals surface area contributed by atoms with Crippen molar-refractivity contribution in [1.82, 2.24) is 15.1 Å². The zero-order valence-electron chi connectivity index (χ0n) is 10.6. The molecule has 0 aliphatic carbocycles. The second-order valence-corrected chi connectivity index (χ2v) is 4.83. The fourth-order valence-corrected chi connectivity index (χ4v) is 1.89. The molecule has 6 nitrogen and oxygen atoms in total. The van der Waals surface area contributed by atoms with Crippen LogP contribution in [0.25, 0.3) is 0 Å². The SMILES string of the molecule is CC(C)n1cc(NC(=O)C2CCC(=O)NC2)cn1. The molecule has 1 saturated heterocycles. The highest BCUT2D eigenvalue weighted by Crippen LogP contribution is 2.15. The average Bonchev–Trinajstić information content (AvgIpc) is 2.78. The molecule has 1 atom stereocenters. The first-order chi connectivity index (χ1) is 8.56. The standard InChI is InChI=1S/C12H18N4O2/c1-8(2)16-7-10(6-14-16)15-12(18)9-3-4-11(17)13-5-9/h6-9H,3-5H2,1-2H3,(H,13,17)(H,15,18). The van der Waals surface area contributed by atoms with E-state index in [1.807, 2.05) is 20.0 Å². The Morgan fingerprint density at radius 2 is 2.39 bits per heavy atom. The summed E-state index contributed by atoms with van der Waals surface area (Å²) in [5.41, 5.74) is 0.700. The molecule has 1 fully saturated rings. The summed E-state index contributed by atoms with van der Waals surface area (Å²) >= 11 is 0. The number of carbonyl (C=O) groups is 2.